The maximum absolute atomic E-state index is 6.47. The van der Waals surface area contributed by atoms with Gasteiger partial charge in [0, 0.05) is 60.5 Å². The second kappa shape index (κ2) is 13.9. The van der Waals surface area contributed by atoms with Crippen LogP contribution in [-0.2, 0) is 11.8 Å². The molecular weight excluding hydrogens is 801 g/mol. The van der Waals surface area contributed by atoms with Crippen molar-refractivity contribution in [2.24, 2.45) is 0 Å². The molecule has 3 nitrogen and oxygen atoms in total. The van der Waals surface area contributed by atoms with Gasteiger partial charge < -0.3 is 13.6 Å². The number of para-hydroxylation sites is 2. The van der Waals surface area contributed by atoms with Crippen LogP contribution in [0.2, 0.25) is 0 Å². The summed E-state index contributed by atoms with van der Waals surface area (Å²) in [7, 11) is 0. The van der Waals surface area contributed by atoms with E-state index < -0.39 is 0 Å². The van der Waals surface area contributed by atoms with Crippen molar-refractivity contribution in [2.45, 2.75) is 32.1 Å². The Morgan fingerprint density at radius 2 is 1.09 bits per heavy atom. The summed E-state index contributed by atoms with van der Waals surface area (Å²) >= 11 is 0. The lowest BCUT2D eigenvalue weighted by Crippen LogP contribution is -2.14. The van der Waals surface area contributed by atoms with Crippen LogP contribution in [0.15, 0.2) is 205 Å². The van der Waals surface area contributed by atoms with Crippen LogP contribution in [0.3, 0.4) is 0 Å². The number of nitrogens with zero attached hydrogens (tertiary/aromatic N) is 2. The van der Waals surface area contributed by atoms with Gasteiger partial charge in [0.1, 0.15) is 11.2 Å². The van der Waals surface area contributed by atoms with Crippen molar-refractivity contribution in [3.63, 3.8) is 0 Å². The maximum atomic E-state index is 6.47. The zero-order valence-electron chi connectivity index (χ0n) is 36.8. The molecule has 2 aliphatic rings. The first-order valence-corrected chi connectivity index (χ1v) is 23.2. The highest BCUT2D eigenvalue weighted by molar-refractivity contribution is 6.13. The molecule has 2 aliphatic carbocycles. The van der Waals surface area contributed by atoms with E-state index in [9.17, 15) is 0 Å². The van der Waals surface area contributed by atoms with Gasteiger partial charge >= 0.3 is 0 Å². The normalized spacial score (nSPS) is 13.8. The molecule has 0 saturated carbocycles. The van der Waals surface area contributed by atoms with Crippen LogP contribution in [0.25, 0.3) is 117 Å². The third-order valence-electron chi connectivity index (χ3n) is 14.8. The van der Waals surface area contributed by atoms with Crippen LogP contribution in [-0.4, -0.2) is 9.13 Å². The lowest BCUT2D eigenvalue weighted by Gasteiger charge is -2.21. The van der Waals surface area contributed by atoms with Crippen molar-refractivity contribution in [2.75, 3.05) is 0 Å². The average molecular weight is 845 g/mol. The Labute approximate surface area is 383 Å². The minimum Gasteiger partial charge on any atom is -0.455 e. The van der Waals surface area contributed by atoms with Crippen molar-refractivity contribution in [1.82, 2.24) is 9.13 Å². The molecule has 0 fully saturated rings. The molecule has 0 bridgehead atoms. The highest BCUT2D eigenvalue weighted by atomic mass is 16.3. The molecule has 0 amide bonds. The number of hydrogen-bond acceptors (Lipinski definition) is 1. The Balaban J connectivity index is 0.936. The Morgan fingerprint density at radius 1 is 0.424 bits per heavy atom. The molecule has 0 atom stereocenters. The Morgan fingerprint density at radius 3 is 1.95 bits per heavy atom. The number of furan rings is 1. The van der Waals surface area contributed by atoms with Crippen molar-refractivity contribution >= 4 is 60.7 Å². The number of benzene rings is 9. The minimum atomic E-state index is -0.121. The summed E-state index contributed by atoms with van der Waals surface area (Å²) < 4.78 is 11.5. The van der Waals surface area contributed by atoms with E-state index in [1.54, 1.807) is 0 Å². The first-order valence-electron chi connectivity index (χ1n) is 23.2. The number of hydrogen-bond donors (Lipinski definition) is 0. The molecule has 0 N–H and O–H groups in total. The largest absolute Gasteiger partial charge is 0.455 e. The third-order valence-corrected chi connectivity index (χ3v) is 14.8. The van der Waals surface area contributed by atoms with E-state index in [1.165, 1.54) is 94.2 Å². The molecule has 312 valence electrons. The topological polar surface area (TPSA) is 23.0 Å². The van der Waals surface area contributed by atoms with Crippen molar-refractivity contribution in [3.05, 3.63) is 223 Å². The van der Waals surface area contributed by atoms with E-state index in [-0.39, 0.29) is 5.41 Å². The van der Waals surface area contributed by atoms with Crippen molar-refractivity contribution in [1.29, 1.82) is 0 Å². The fourth-order valence-corrected chi connectivity index (χ4v) is 11.6. The molecule has 12 aromatic rings. The average Bonchev–Trinajstić information content (AvgIpc) is 4.08. The van der Waals surface area contributed by atoms with Crippen LogP contribution in [0.5, 0.6) is 0 Å². The molecule has 0 spiro atoms. The SMILES string of the molecule is CC1(C)c2ccccc2-c2cc3c4cc(-c5ccc6c(c5)c5c(n6-c6cccc(-c7ccccc7)c6)CCC=C5)ccc4n(-c4ccc(-c5cccc6c5oc5ccccc56)cc4)c3cc21. The molecular formula is C63H44N2O. The summed E-state index contributed by atoms with van der Waals surface area (Å²) in [6, 6.07) is 71.7. The van der Waals surface area contributed by atoms with Gasteiger partial charge in [-0.2, -0.15) is 0 Å². The fraction of sp³-hybridized carbons (Fsp3) is 0.0794. The quantitative estimate of drug-likeness (QED) is 0.169. The lowest BCUT2D eigenvalue weighted by atomic mass is 9.82. The second-order valence-electron chi connectivity index (χ2n) is 18.8. The van der Waals surface area contributed by atoms with Gasteiger partial charge in [-0.3, -0.25) is 0 Å². The zero-order chi connectivity index (χ0) is 43.7. The standard InChI is InChI=1S/C63H44N2O/c1-63(2)55-23-9-6-18-47(55)51-37-54-53-36-43(42-28-32-58-52(35-42)48-19-7-10-24-57(48)65(58)45-17-12-16-41(34-45)39-14-4-3-5-15-39)29-33-59(53)64(60(54)38-56(51)63)44-30-26-40(27-31-44)46-21-13-22-50-49-20-8-11-25-61(49)66-62(46)50/h3-9,11-23,25-38H,10,24H2,1-2H3. The lowest BCUT2D eigenvalue weighted by molar-refractivity contribution is 0.661. The minimum absolute atomic E-state index is 0.121. The Bertz CT molecular complexity index is 4000. The number of aromatic nitrogens is 2. The van der Waals surface area contributed by atoms with Gasteiger partial charge in [0.15, 0.2) is 0 Å². The van der Waals surface area contributed by atoms with E-state index in [0.29, 0.717) is 0 Å². The summed E-state index contributed by atoms with van der Waals surface area (Å²) in [4.78, 5) is 0. The van der Waals surface area contributed by atoms with Crippen LogP contribution in [0.4, 0.5) is 0 Å². The molecule has 3 aromatic heterocycles. The highest BCUT2D eigenvalue weighted by Gasteiger charge is 2.36. The zero-order valence-corrected chi connectivity index (χ0v) is 36.8. The first kappa shape index (κ1) is 37.3. The van der Waals surface area contributed by atoms with Gasteiger partial charge in [-0.25, -0.2) is 0 Å². The monoisotopic (exact) mass is 844 g/mol. The van der Waals surface area contributed by atoms with Crippen molar-refractivity contribution < 1.29 is 4.42 Å². The second-order valence-corrected chi connectivity index (χ2v) is 18.8. The fourth-order valence-electron chi connectivity index (χ4n) is 11.6. The summed E-state index contributed by atoms with van der Waals surface area (Å²) in [5, 5.41) is 6.10. The predicted molar refractivity (Wildman–Crippen MR) is 276 cm³/mol. The molecule has 0 unspecified atom stereocenters. The summed E-state index contributed by atoms with van der Waals surface area (Å²) in [6.45, 7) is 4.75. The van der Waals surface area contributed by atoms with Gasteiger partial charge in [0.25, 0.3) is 0 Å². The Kier molecular flexibility index (Phi) is 7.86. The number of rotatable bonds is 5. The van der Waals surface area contributed by atoms with E-state index >= 15 is 0 Å². The molecule has 0 saturated heterocycles. The smallest absolute Gasteiger partial charge is 0.143 e. The number of allylic oxidation sites excluding steroid dienone is 1. The molecule has 66 heavy (non-hydrogen) atoms. The van der Waals surface area contributed by atoms with Crippen LogP contribution in [0, 0.1) is 0 Å². The van der Waals surface area contributed by atoms with Gasteiger partial charge in [-0.1, -0.05) is 153 Å². The van der Waals surface area contributed by atoms with Gasteiger partial charge in [0.2, 0.25) is 0 Å². The van der Waals surface area contributed by atoms with Crippen LogP contribution < -0.4 is 0 Å². The molecule has 0 aliphatic heterocycles. The third kappa shape index (κ3) is 5.37. The molecule has 9 aromatic carbocycles. The van der Waals surface area contributed by atoms with Gasteiger partial charge in [-0.05, 0) is 130 Å². The van der Waals surface area contributed by atoms with E-state index in [2.05, 4.69) is 223 Å². The van der Waals surface area contributed by atoms with Gasteiger partial charge in [-0.15, -0.1) is 0 Å². The predicted octanol–water partition coefficient (Wildman–Crippen LogP) is 16.9. The van der Waals surface area contributed by atoms with E-state index in [1.807, 2.05) is 6.07 Å². The molecule has 3 heterocycles. The summed E-state index contributed by atoms with van der Waals surface area (Å²) in [5.74, 6) is 0. The van der Waals surface area contributed by atoms with Crippen molar-refractivity contribution in [3.8, 4) is 55.9 Å². The molecule has 0 radical (unpaired) electrons. The first-order chi connectivity index (χ1) is 32.5. The maximum Gasteiger partial charge on any atom is 0.143 e. The molecule has 3 heteroatoms. The van der Waals surface area contributed by atoms with Crippen LogP contribution >= 0.6 is 0 Å². The van der Waals surface area contributed by atoms with Gasteiger partial charge in [0.05, 0.1) is 16.6 Å². The van der Waals surface area contributed by atoms with E-state index in [4.69, 9.17) is 4.42 Å². The molecule has 14 rings (SSSR count). The Hall–Kier alpha value is -8.14. The summed E-state index contributed by atoms with van der Waals surface area (Å²) in [5.41, 5.74) is 23.0. The van der Waals surface area contributed by atoms with Crippen LogP contribution in [0.1, 0.15) is 42.7 Å². The summed E-state index contributed by atoms with van der Waals surface area (Å²) in [6.07, 6.45) is 6.74. The van der Waals surface area contributed by atoms with E-state index in [0.717, 1.165) is 51.6 Å². The highest BCUT2D eigenvalue weighted by Crippen LogP contribution is 2.51. The number of fused-ring (bicyclic) bond motifs is 12.